The van der Waals surface area contributed by atoms with Crippen LogP contribution < -0.4 is 5.32 Å². The Balaban J connectivity index is 1.30. The number of nitrogens with zero attached hydrogens (tertiary/aromatic N) is 5. The van der Waals surface area contributed by atoms with E-state index in [1.807, 2.05) is 47.3 Å². The Kier molecular flexibility index (Phi) is 5.70. The Hall–Kier alpha value is -3.87. The lowest BCUT2D eigenvalue weighted by Crippen LogP contribution is -2.23. The molecule has 160 valence electrons. The first-order valence-electron chi connectivity index (χ1n) is 10.9. The number of pyridine rings is 1. The van der Waals surface area contributed by atoms with Gasteiger partial charge in [0.2, 0.25) is 5.91 Å². The minimum absolute atomic E-state index is 0.0186. The molecule has 7 heteroatoms. The lowest BCUT2D eigenvalue weighted by atomic mass is 10.0. The van der Waals surface area contributed by atoms with Gasteiger partial charge in [-0.25, -0.2) is 15.0 Å². The van der Waals surface area contributed by atoms with Crippen LogP contribution in [0.25, 0.3) is 22.5 Å². The highest BCUT2D eigenvalue weighted by atomic mass is 16.1. The maximum atomic E-state index is 12.1. The summed E-state index contributed by atoms with van der Waals surface area (Å²) in [6.07, 6.45) is 11.7. The van der Waals surface area contributed by atoms with Crippen LogP contribution in [0, 0.1) is 0 Å². The number of carbonyl (C=O) groups is 1. The molecule has 3 heterocycles. The molecule has 32 heavy (non-hydrogen) atoms. The van der Waals surface area contributed by atoms with E-state index in [-0.39, 0.29) is 5.91 Å². The van der Waals surface area contributed by atoms with Crippen molar-refractivity contribution in [3.63, 3.8) is 0 Å². The van der Waals surface area contributed by atoms with E-state index in [0.717, 1.165) is 46.7 Å². The zero-order chi connectivity index (χ0) is 21.8. The number of nitrogens with one attached hydrogen (secondary N) is 1. The SMILES string of the molecule is O=C(CCn1ccnc1)NCc1ccc(-c2nc(C3CC3)ncc2-c2ccccn2)cc1. The summed E-state index contributed by atoms with van der Waals surface area (Å²) in [5, 5.41) is 2.98. The van der Waals surface area contributed by atoms with E-state index in [1.54, 1.807) is 18.7 Å². The third-order valence-electron chi connectivity index (χ3n) is 5.56. The smallest absolute Gasteiger partial charge is 0.222 e. The van der Waals surface area contributed by atoms with E-state index >= 15 is 0 Å². The minimum atomic E-state index is 0.0186. The Labute approximate surface area is 186 Å². The monoisotopic (exact) mass is 424 g/mol. The van der Waals surface area contributed by atoms with Crippen LogP contribution in [0.5, 0.6) is 0 Å². The van der Waals surface area contributed by atoms with Crippen molar-refractivity contribution in [1.29, 1.82) is 0 Å². The maximum Gasteiger partial charge on any atom is 0.222 e. The fourth-order valence-corrected chi connectivity index (χ4v) is 3.58. The first-order valence-corrected chi connectivity index (χ1v) is 10.9. The molecule has 1 N–H and O–H groups in total. The fourth-order valence-electron chi connectivity index (χ4n) is 3.58. The van der Waals surface area contributed by atoms with E-state index in [2.05, 4.69) is 32.4 Å². The molecule has 1 aliphatic carbocycles. The van der Waals surface area contributed by atoms with Gasteiger partial charge in [0.05, 0.1) is 17.7 Å². The number of rotatable bonds is 8. The average Bonchev–Trinajstić information content (AvgIpc) is 3.57. The molecule has 1 amide bonds. The number of carbonyl (C=O) groups excluding carboxylic acids is 1. The molecule has 5 rings (SSSR count). The van der Waals surface area contributed by atoms with Crippen molar-refractivity contribution in [3.8, 4) is 22.5 Å². The molecule has 7 nitrogen and oxygen atoms in total. The summed E-state index contributed by atoms with van der Waals surface area (Å²) in [7, 11) is 0. The minimum Gasteiger partial charge on any atom is -0.352 e. The zero-order valence-corrected chi connectivity index (χ0v) is 17.7. The van der Waals surface area contributed by atoms with Crippen molar-refractivity contribution in [2.45, 2.75) is 38.3 Å². The number of amides is 1. The summed E-state index contributed by atoms with van der Waals surface area (Å²) >= 11 is 0. The van der Waals surface area contributed by atoms with Gasteiger partial charge >= 0.3 is 0 Å². The summed E-state index contributed by atoms with van der Waals surface area (Å²) in [4.78, 5) is 30.1. The first-order chi connectivity index (χ1) is 15.8. The van der Waals surface area contributed by atoms with Crippen LogP contribution in [0.15, 0.2) is 73.6 Å². The van der Waals surface area contributed by atoms with Gasteiger partial charge in [-0.05, 0) is 30.5 Å². The Morgan fingerprint density at radius 1 is 1.06 bits per heavy atom. The Bertz CT molecular complexity index is 1190. The lowest BCUT2D eigenvalue weighted by Gasteiger charge is -2.11. The zero-order valence-electron chi connectivity index (χ0n) is 17.7. The van der Waals surface area contributed by atoms with Gasteiger partial charge in [0, 0.05) is 61.3 Å². The van der Waals surface area contributed by atoms with Crippen LogP contribution in [0.3, 0.4) is 0 Å². The molecule has 3 aromatic heterocycles. The number of imidazole rings is 1. The Morgan fingerprint density at radius 2 is 1.94 bits per heavy atom. The third-order valence-corrected chi connectivity index (χ3v) is 5.56. The molecule has 0 radical (unpaired) electrons. The van der Waals surface area contributed by atoms with Crippen molar-refractivity contribution in [2.75, 3.05) is 0 Å². The molecule has 1 fully saturated rings. The quantitative estimate of drug-likeness (QED) is 0.462. The molecule has 1 aliphatic rings. The molecule has 1 saturated carbocycles. The van der Waals surface area contributed by atoms with Crippen molar-refractivity contribution in [3.05, 3.63) is 85.0 Å². The summed E-state index contributed by atoms with van der Waals surface area (Å²) in [5.74, 6) is 1.40. The van der Waals surface area contributed by atoms with Crippen LogP contribution >= 0.6 is 0 Å². The van der Waals surface area contributed by atoms with Gasteiger partial charge in [-0.1, -0.05) is 30.3 Å². The fraction of sp³-hybridized carbons (Fsp3) is 0.240. The summed E-state index contributed by atoms with van der Waals surface area (Å²) < 4.78 is 1.89. The molecule has 0 bridgehead atoms. The third kappa shape index (κ3) is 4.72. The van der Waals surface area contributed by atoms with Crippen LogP contribution in [0.2, 0.25) is 0 Å². The molecule has 0 aliphatic heterocycles. The van der Waals surface area contributed by atoms with Crippen molar-refractivity contribution in [1.82, 2.24) is 29.8 Å². The highest BCUT2D eigenvalue weighted by Gasteiger charge is 2.27. The highest BCUT2D eigenvalue weighted by molar-refractivity contribution is 5.78. The number of aromatic nitrogens is 5. The molecule has 0 unspecified atom stereocenters. The van der Waals surface area contributed by atoms with E-state index in [0.29, 0.717) is 25.4 Å². The molecular formula is C25H24N6O. The maximum absolute atomic E-state index is 12.1. The molecule has 4 aromatic rings. The molecule has 0 atom stereocenters. The number of hydrogen-bond acceptors (Lipinski definition) is 5. The number of benzene rings is 1. The molecular weight excluding hydrogens is 400 g/mol. The molecule has 1 aromatic carbocycles. The second-order valence-corrected chi connectivity index (χ2v) is 8.00. The summed E-state index contributed by atoms with van der Waals surface area (Å²) in [6, 6.07) is 14.0. The highest BCUT2D eigenvalue weighted by Crippen LogP contribution is 2.40. The van der Waals surface area contributed by atoms with Gasteiger partial charge in [-0.15, -0.1) is 0 Å². The van der Waals surface area contributed by atoms with E-state index in [9.17, 15) is 4.79 Å². The van der Waals surface area contributed by atoms with Gasteiger partial charge in [-0.2, -0.15) is 0 Å². The van der Waals surface area contributed by atoms with Gasteiger partial charge in [0.1, 0.15) is 5.82 Å². The summed E-state index contributed by atoms with van der Waals surface area (Å²) in [6.45, 7) is 1.12. The largest absolute Gasteiger partial charge is 0.352 e. The second-order valence-electron chi connectivity index (χ2n) is 8.00. The van der Waals surface area contributed by atoms with Gasteiger partial charge in [-0.3, -0.25) is 9.78 Å². The predicted octanol–water partition coefficient (Wildman–Crippen LogP) is 3.99. The van der Waals surface area contributed by atoms with E-state index < -0.39 is 0 Å². The van der Waals surface area contributed by atoms with Gasteiger partial charge < -0.3 is 9.88 Å². The number of aryl methyl sites for hydroxylation is 1. The van der Waals surface area contributed by atoms with E-state index in [1.165, 1.54) is 0 Å². The van der Waals surface area contributed by atoms with Gasteiger partial charge in [0.25, 0.3) is 0 Å². The van der Waals surface area contributed by atoms with Crippen molar-refractivity contribution < 1.29 is 4.79 Å². The van der Waals surface area contributed by atoms with Crippen LogP contribution in [0.1, 0.15) is 36.6 Å². The lowest BCUT2D eigenvalue weighted by molar-refractivity contribution is -0.121. The normalized spacial score (nSPS) is 13.1. The van der Waals surface area contributed by atoms with Crippen LogP contribution in [-0.4, -0.2) is 30.4 Å². The van der Waals surface area contributed by atoms with E-state index in [4.69, 9.17) is 4.98 Å². The molecule has 0 spiro atoms. The first kappa shape index (κ1) is 20.1. The van der Waals surface area contributed by atoms with Crippen molar-refractivity contribution >= 4 is 5.91 Å². The second kappa shape index (κ2) is 9.09. The summed E-state index contributed by atoms with van der Waals surface area (Å²) in [5.41, 5.74) is 4.75. The van der Waals surface area contributed by atoms with Gasteiger partial charge in [0.15, 0.2) is 0 Å². The average molecular weight is 425 g/mol. The standard InChI is InChI=1S/C25H24N6O/c32-23(10-13-31-14-12-26-17-31)28-15-18-4-6-19(7-5-18)24-21(22-3-1-2-11-27-22)16-29-25(30-24)20-8-9-20/h1-7,11-12,14,16-17,20H,8-10,13,15H2,(H,28,32). The molecule has 0 saturated heterocycles. The topological polar surface area (TPSA) is 85.6 Å². The Morgan fingerprint density at radius 3 is 2.66 bits per heavy atom. The van der Waals surface area contributed by atoms with Crippen LogP contribution in [0.4, 0.5) is 0 Å². The number of hydrogen-bond donors (Lipinski definition) is 1. The van der Waals surface area contributed by atoms with Crippen LogP contribution in [-0.2, 0) is 17.9 Å². The predicted molar refractivity (Wildman–Crippen MR) is 121 cm³/mol. The van der Waals surface area contributed by atoms with Crippen molar-refractivity contribution in [2.24, 2.45) is 0 Å².